The van der Waals surface area contributed by atoms with Gasteiger partial charge in [-0.2, -0.15) is 13.2 Å². The second kappa shape index (κ2) is 10.1. The van der Waals surface area contributed by atoms with E-state index >= 15 is 0 Å². The molecule has 2 amide bonds. The van der Waals surface area contributed by atoms with Gasteiger partial charge in [-0.15, -0.1) is 11.3 Å². The predicted octanol–water partition coefficient (Wildman–Crippen LogP) is 6.31. The minimum absolute atomic E-state index is 0.0410. The molecule has 6 nitrogen and oxygen atoms in total. The summed E-state index contributed by atoms with van der Waals surface area (Å²) >= 11 is 1.55. The summed E-state index contributed by atoms with van der Waals surface area (Å²) in [6.07, 6.45) is -0.632. The van der Waals surface area contributed by atoms with E-state index in [0.717, 1.165) is 58.3 Å². The highest BCUT2D eigenvalue weighted by Gasteiger charge is 2.30. The third-order valence-corrected chi connectivity index (χ3v) is 6.98. The molecular weight excluding hydrogens is 499 g/mol. The Kier molecular flexibility index (Phi) is 6.74. The first kappa shape index (κ1) is 24.6. The molecule has 1 aliphatic heterocycles. The molecule has 2 aromatic heterocycles. The van der Waals surface area contributed by atoms with E-state index in [1.807, 2.05) is 17.5 Å². The summed E-state index contributed by atoms with van der Waals surface area (Å²) in [5, 5.41) is 11.3. The highest BCUT2D eigenvalue weighted by Crippen LogP contribution is 2.38. The molecule has 1 fully saturated rings. The van der Waals surface area contributed by atoms with Crippen molar-refractivity contribution in [2.45, 2.75) is 25.1 Å². The molecule has 2 aromatic carbocycles. The Morgan fingerprint density at radius 2 is 1.92 bits per heavy atom. The van der Waals surface area contributed by atoms with Crippen molar-refractivity contribution in [1.29, 1.82) is 0 Å². The monoisotopic (exact) mass is 521 g/mol. The van der Waals surface area contributed by atoms with Crippen LogP contribution >= 0.6 is 11.3 Å². The first-order chi connectivity index (χ1) is 17.8. The van der Waals surface area contributed by atoms with Gasteiger partial charge in [0.15, 0.2) is 0 Å². The number of halogens is 3. The van der Waals surface area contributed by atoms with E-state index in [0.29, 0.717) is 11.5 Å². The molecule has 37 heavy (non-hydrogen) atoms. The van der Waals surface area contributed by atoms with E-state index < -0.39 is 17.8 Å². The number of urea groups is 1. The van der Waals surface area contributed by atoms with Crippen LogP contribution in [-0.4, -0.2) is 23.6 Å². The molecule has 0 bridgehead atoms. The van der Waals surface area contributed by atoms with Crippen LogP contribution in [0.25, 0.3) is 21.2 Å². The number of amides is 2. The molecule has 5 rings (SSSR count). The maximum atomic E-state index is 12.9. The number of nitrogens with one attached hydrogen (secondary N) is 3. The SMILES string of the molecule is Nc1ncc(C#C[C@@H]2CCCN2)c2scc(-c3ccc(NC(=O)Nc4cccc(C(F)(F)F)c4)cc3)c12. The van der Waals surface area contributed by atoms with E-state index in [1.165, 1.54) is 12.1 Å². The number of benzene rings is 2. The minimum atomic E-state index is -4.49. The zero-order valence-electron chi connectivity index (χ0n) is 19.4. The summed E-state index contributed by atoms with van der Waals surface area (Å²) in [6.45, 7) is 0.982. The van der Waals surface area contributed by atoms with Crippen molar-refractivity contribution in [2.75, 3.05) is 22.9 Å². The highest BCUT2D eigenvalue weighted by molar-refractivity contribution is 7.18. The number of nitrogen functional groups attached to an aromatic ring is 1. The number of nitrogens with zero attached hydrogens (tertiary/aromatic N) is 1. The number of hydrogen-bond acceptors (Lipinski definition) is 5. The zero-order valence-corrected chi connectivity index (χ0v) is 20.3. The van der Waals surface area contributed by atoms with E-state index in [9.17, 15) is 18.0 Å². The molecule has 0 spiro atoms. The number of alkyl halides is 3. The Morgan fingerprint density at radius 1 is 1.14 bits per heavy atom. The smallest absolute Gasteiger partial charge is 0.383 e. The second-order valence-electron chi connectivity index (χ2n) is 8.56. The molecule has 10 heteroatoms. The van der Waals surface area contributed by atoms with Gasteiger partial charge in [0.25, 0.3) is 0 Å². The summed E-state index contributed by atoms with van der Waals surface area (Å²) in [5.74, 6) is 6.94. The fourth-order valence-electron chi connectivity index (χ4n) is 4.14. The van der Waals surface area contributed by atoms with Crippen LogP contribution in [0.5, 0.6) is 0 Å². The van der Waals surface area contributed by atoms with E-state index in [-0.39, 0.29) is 11.7 Å². The number of carbonyl (C=O) groups is 1. The molecule has 188 valence electrons. The van der Waals surface area contributed by atoms with Gasteiger partial charge in [-0.05, 0) is 60.7 Å². The lowest BCUT2D eigenvalue weighted by molar-refractivity contribution is -0.137. The van der Waals surface area contributed by atoms with Crippen molar-refractivity contribution in [1.82, 2.24) is 10.3 Å². The fourth-order valence-corrected chi connectivity index (χ4v) is 5.19. The van der Waals surface area contributed by atoms with Crippen molar-refractivity contribution in [2.24, 2.45) is 0 Å². The number of hydrogen-bond donors (Lipinski definition) is 4. The van der Waals surface area contributed by atoms with Gasteiger partial charge in [0.05, 0.1) is 21.9 Å². The van der Waals surface area contributed by atoms with Crippen LogP contribution in [0.15, 0.2) is 60.1 Å². The van der Waals surface area contributed by atoms with Crippen LogP contribution in [0, 0.1) is 11.8 Å². The largest absolute Gasteiger partial charge is 0.416 e. The number of anilines is 3. The summed E-state index contributed by atoms with van der Waals surface area (Å²) in [4.78, 5) is 16.7. The quantitative estimate of drug-likeness (QED) is 0.238. The summed E-state index contributed by atoms with van der Waals surface area (Å²) < 4.78 is 39.7. The lowest BCUT2D eigenvalue weighted by Gasteiger charge is -2.11. The second-order valence-corrected chi connectivity index (χ2v) is 9.44. The maximum Gasteiger partial charge on any atom is 0.416 e. The van der Waals surface area contributed by atoms with Gasteiger partial charge in [-0.1, -0.05) is 30.0 Å². The Balaban J connectivity index is 1.32. The van der Waals surface area contributed by atoms with E-state index in [2.05, 4.69) is 32.8 Å². The van der Waals surface area contributed by atoms with Gasteiger partial charge in [0.1, 0.15) is 5.82 Å². The predicted molar refractivity (Wildman–Crippen MR) is 141 cm³/mol. The van der Waals surface area contributed by atoms with Crippen LogP contribution in [0.4, 0.5) is 35.2 Å². The Bertz CT molecular complexity index is 1510. The van der Waals surface area contributed by atoms with Crippen LogP contribution in [-0.2, 0) is 6.18 Å². The van der Waals surface area contributed by atoms with Crippen molar-refractivity contribution in [3.05, 3.63) is 71.2 Å². The Hall–Kier alpha value is -4.07. The molecule has 5 N–H and O–H groups in total. The van der Waals surface area contributed by atoms with Gasteiger partial charge in [0.2, 0.25) is 0 Å². The van der Waals surface area contributed by atoms with Gasteiger partial charge in [-0.3, -0.25) is 0 Å². The van der Waals surface area contributed by atoms with Gasteiger partial charge in [0, 0.05) is 28.5 Å². The topological polar surface area (TPSA) is 92.1 Å². The average molecular weight is 522 g/mol. The normalized spacial score (nSPS) is 15.3. The van der Waals surface area contributed by atoms with E-state index in [1.54, 1.807) is 29.7 Å². The van der Waals surface area contributed by atoms with Crippen LogP contribution in [0.1, 0.15) is 24.0 Å². The lowest BCUT2D eigenvalue weighted by atomic mass is 10.0. The molecule has 1 aliphatic rings. The lowest BCUT2D eigenvalue weighted by Crippen LogP contribution is -2.19. The molecule has 0 saturated carbocycles. The average Bonchev–Trinajstić information content (AvgIpc) is 3.55. The fraction of sp³-hybridized carbons (Fsp3) is 0.185. The van der Waals surface area contributed by atoms with Crippen LogP contribution in [0.2, 0.25) is 0 Å². The van der Waals surface area contributed by atoms with Crippen molar-refractivity contribution >= 4 is 44.6 Å². The number of fused-ring (bicyclic) bond motifs is 1. The third kappa shape index (κ3) is 5.53. The van der Waals surface area contributed by atoms with Crippen molar-refractivity contribution in [3.63, 3.8) is 0 Å². The number of thiophene rings is 1. The maximum absolute atomic E-state index is 12.9. The molecule has 0 radical (unpaired) electrons. The Morgan fingerprint density at radius 3 is 2.65 bits per heavy atom. The highest BCUT2D eigenvalue weighted by atomic mass is 32.1. The summed E-state index contributed by atoms with van der Waals surface area (Å²) in [6, 6.07) is 11.1. The van der Waals surface area contributed by atoms with Crippen molar-refractivity contribution < 1.29 is 18.0 Å². The van der Waals surface area contributed by atoms with Gasteiger partial charge >= 0.3 is 12.2 Å². The standard InChI is InChI=1S/C27H22F3N5OS/c28-27(29,30)18-3-1-4-21(13-18)35-26(36)34-20-10-6-16(7-11-20)22-15-37-24-17(14-33-25(31)23(22)24)8-9-19-5-2-12-32-19/h1,3-4,6-7,10-11,13-15,19,32H,2,5,12H2,(H2,31,33)(H2,34,35,36)/t19-/m0/s1. The summed E-state index contributed by atoms with van der Waals surface area (Å²) in [7, 11) is 0. The molecule has 4 aromatic rings. The first-order valence-electron chi connectivity index (χ1n) is 11.5. The Labute approximate surface area is 215 Å². The van der Waals surface area contributed by atoms with Crippen molar-refractivity contribution in [3.8, 4) is 23.0 Å². The van der Waals surface area contributed by atoms with Gasteiger partial charge in [-0.25, -0.2) is 9.78 Å². The van der Waals surface area contributed by atoms with E-state index in [4.69, 9.17) is 5.73 Å². The molecule has 0 unspecified atom stereocenters. The minimum Gasteiger partial charge on any atom is -0.383 e. The third-order valence-electron chi connectivity index (χ3n) is 5.97. The zero-order chi connectivity index (χ0) is 26.0. The molecule has 0 aliphatic carbocycles. The molecular formula is C27H22F3N5OS. The number of rotatable bonds is 3. The first-order valence-corrected chi connectivity index (χ1v) is 12.4. The number of nitrogens with two attached hydrogens (primary N) is 1. The van der Waals surface area contributed by atoms with Gasteiger partial charge < -0.3 is 21.7 Å². The molecule has 1 atom stereocenters. The molecule has 1 saturated heterocycles. The van der Waals surface area contributed by atoms with Crippen LogP contribution in [0.3, 0.4) is 0 Å². The van der Waals surface area contributed by atoms with Crippen LogP contribution < -0.4 is 21.7 Å². The number of aromatic nitrogens is 1. The number of carbonyl (C=O) groups excluding carboxylic acids is 1. The number of pyridine rings is 1. The summed E-state index contributed by atoms with van der Waals surface area (Å²) in [5.41, 5.74) is 8.54. The molecule has 3 heterocycles.